The predicted molar refractivity (Wildman–Crippen MR) is 103 cm³/mol. The van der Waals surface area contributed by atoms with E-state index in [0.717, 1.165) is 25.1 Å². The van der Waals surface area contributed by atoms with Gasteiger partial charge in [-0.2, -0.15) is 0 Å². The Kier molecular flexibility index (Phi) is 4.10. The van der Waals surface area contributed by atoms with Crippen LogP contribution in [-0.4, -0.2) is 49.8 Å². The highest BCUT2D eigenvalue weighted by Gasteiger charge is 2.36. The third-order valence-electron chi connectivity index (χ3n) is 5.78. The van der Waals surface area contributed by atoms with Gasteiger partial charge >= 0.3 is 5.97 Å². The number of carboxylic acids is 1. The minimum absolute atomic E-state index is 0.0818. The molecule has 3 heterocycles. The molecule has 0 spiro atoms. The Balaban J connectivity index is 1.67. The monoisotopic (exact) mass is 416 g/mol. The zero-order valence-corrected chi connectivity index (χ0v) is 15.7. The summed E-state index contributed by atoms with van der Waals surface area (Å²) in [7, 11) is 0. The predicted octanol–water partition coefficient (Wildman–Crippen LogP) is 1.29. The molecule has 1 aromatic carbocycles. The van der Waals surface area contributed by atoms with E-state index in [2.05, 4.69) is 10.3 Å². The van der Waals surface area contributed by atoms with Gasteiger partial charge in [-0.15, -0.1) is 5.10 Å². The van der Waals surface area contributed by atoms with Crippen LogP contribution in [0, 0.1) is 11.6 Å². The number of carbonyl (C=O) groups is 1. The molecule has 0 bridgehead atoms. The van der Waals surface area contributed by atoms with Crippen LogP contribution in [-0.2, 0) is 0 Å². The van der Waals surface area contributed by atoms with Crippen molar-refractivity contribution in [2.24, 2.45) is 5.73 Å². The average Bonchev–Trinajstić information content (AvgIpc) is 3.25. The molecule has 2 aliphatic rings. The van der Waals surface area contributed by atoms with Gasteiger partial charge in [0.1, 0.15) is 17.1 Å². The molecule has 5 rings (SSSR count). The lowest BCUT2D eigenvalue weighted by molar-refractivity contribution is 0.0694. The molecule has 3 aromatic rings. The highest BCUT2D eigenvalue weighted by atomic mass is 19.1. The van der Waals surface area contributed by atoms with Crippen molar-refractivity contribution in [1.82, 2.24) is 19.6 Å². The maximum atomic E-state index is 15.7. The lowest BCUT2D eigenvalue weighted by Crippen LogP contribution is -2.31. The van der Waals surface area contributed by atoms with Gasteiger partial charge in [-0.05, 0) is 18.9 Å². The Hall–Kier alpha value is -3.34. The molecular weight excluding hydrogens is 398 g/mol. The van der Waals surface area contributed by atoms with Gasteiger partial charge in [0.2, 0.25) is 5.43 Å². The molecule has 156 valence electrons. The van der Waals surface area contributed by atoms with E-state index in [9.17, 15) is 14.7 Å². The molecule has 30 heavy (non-hydrogen) atoms. The molecule has 3 N–H and O–H groups in total. The van der Waals surface area contributed by atoms with Gasteiger partial charge < -0.3 is 20.3 Å². The van der Waals surface area contributed by atoms with E-state index in [1.165, 1.54) is 15.7 Å². The van der Waals surface area contributed by atoms with Crippen molar-refractivity contribution >= 4 is 22.6 Å². The van der Waals surface area contributed by atoms with Crippen molar-refractivity contribution in [3.8, 4) is 0 Å². The number of carboxylic acid groups (broad SMARTS) is 1. The van der Waals surface area contributed by atoms with Crippen LogP contribution in [0.5, 0.6) is 0 Å². The lowest BCUT2D eigenvalue weighted by atomic mass is 10.1. The average molecular weight is 416 g/mol. The van der Waals surface area contributed by atoms with Crippen molar-refractivity contribution in [3.63, 3.8) is 0 Å². The van der Waals surface area contributed by atoms with E-state index in [1.807, 2.05) is 0 Å². The van der Waals surface area contributed by atoms with Crippen LogP contribution in [0.25, 0.3) is 10.9 Å². The van der Waals surface area contributed by atoms with E-state index in [1.54, 1.807) is 10.9 Å². The standard InChI is InChI=1S/C19H18F2N6O3/c20-12-5-10-16(26(9-1-2-9)6-11(18(10)28)19(29)30)15(21)17(12)25-7-13(22)14(8-25)27-4-3-23-24-27/h3-6,9,13-14H,1-2,7-8,22H2,(H,29,30). The van der Waals surface area contributed by atoms with Gasteiger partial charge in [0, 0.05) is 37.6 Å². The van der Waals surface area contributed by atoms with Gasteiger partial charge in [0.15, 0.2) is 5.82 Å². The number of aromatic carboxylic acids is 1. The van der Waals surface area contributed by atoms with Crippen molar-refractivity contribution in [3.05, 3.63) is 52.1 Å². The first-order valence-electron chi connectivity index (χ1n) is 9.53. The fourth-order valence-electron chi connectivity index (χ4n) is 4.18. The van der Waals surface area contributed by atoms with E-state index < -0.39 is 34.6 Å². The van der Waals surface area contributed by atoms with Crippen LogP contribution in [0.4, 0.5) is 14.5 Å². The quantitative estimate of drug-likeness (QED) is 0.658. The number of pyridine rings is 1. The molecular formula is C19H18F2N6O3. The summed E-state index contributed by atoms with van der Waals surface area (Å²) >= 11 is 0. The molecule has 0 amide bonds. The van der Waals surface area contributed by atoms with Gasteiger partial charge in [0.25, 0.3) is 0 Å². The fourth-order valence-corrected chi connectivity index (χ4v) is 4.18. The molecule has 9 nitrogen and oxygen atoms in total. The van der Waals surface area contributed by atoms with Crippen molar-refractivity contribution in [1.29, 1.82) is 0 Å². The number of hydrogen-bond donors (Lipinski definition) is 2. The molecule has 1 saturated heterocycles. The second-order valence-corrected chi connectivity index (χ2v) is 7.75. The second kappa shape index (κ2) is 6.59. The molecule has 2 atom stereocenters. The molecule has 11 heteroatoms. The Bertz CT molecular complexity index is 1220. The first-order valence-corrected chi connectivity index (χ1v) is 9.53. The number of halogens is 2. The number of nitrogens with zero attached hydrogens (tertiary/aromatic N) is 5. The Morgan fingerprint density at radius 1 is 1.27 bits per heavy atom. The highest BCUT2D eigenvalue weighted by Crippen LogP contribution is 2.40. The summed E-state index contributed by atoms with van der Waals surface area (Å²) in [5.41, 5.74) is 4.41. The molecule has 1 aliphatic heterocycles. The largest absolute Gasteiger partial charge is 0.477 e. The Labute approximate surface area is 168 Å². The molecule has 1 aliphatic carbocycles. The number of rotatable bonds is 4. The van der Waals surface area contributed by atoms with Gasteiger partial charge in [-0.3, -0.25) is 4.79 Å². The third kappa shape index (κ3) is 2.76. The lowest BCUT2D eigenvalue weighted by Gasteiger charge is -2.22. The normalized spacial score (nSPS) is 21.5. The van der Waals surface area contributed by atoms with Gasteiger partial charge in [-0.25, -0.2) is 18.3 Å². The summed E-state index contributed by atoms with van der Waals surface area (Å²) in [6.07, 6.45) is 5.75. The van der Waals surface area contributed by atoms with Crippen LogP contribution in [0.1, 0.15) is 35.3 Å². The summed E-state index contributed by atoms with van der Waals surface area (Å²) in [6, 6.07) is 0.0568. The van der Waals surface area contributed by atoms with Gasteiger partial charge in [0.05, 0.1) is 23.1 Å². The minimum atomic E-state index is -1.43. The van der Waals surface area contributed by atoms with E-state index in [0.29, 0.717) is 0 Å². The van der Waals surface area contributed by atoms with Crippen LogP contribution in [0.15, 0.2) is 29.5 Å². The number of benzene rings is 1. The smallest absolute Gasteiger partial charge is 0.341 e. The number of fused-ring (bicyclic) bond motifs is 1. The molecule has 1 saturated carbocycles. The maximum Gasteiger partial charge on any atom is 0.341 e. The first kappa shape index (κ1) is 18.7. The maximum absolute atomic E-state index is 15.7. The fraction of sp³-hybridized carbons (Fsp3) is 0.368. The van der Waals surface area contributed by atoms with Crippen LogP contribution >= 0.6 is 0 Å². The van der Waals surface area contributed by atoms with Crippen LogP contribution in [0.3, 0.4) is 0 Å². The van der Waals surface area contributed by atoms with E-state index in [-0.39, 0.29) is 41.8 Å². The first-order chi connectivity index (χ1) is 14.4. The Morgan fingerprint density at radius 3 is 2.67 bits per heavy atom. The highest BCUT2D eigenvalue weighted by molar-refractivity contribution is 5.94. The minimum Gasteiger partial charge on any atom is -0.477 e. The zero-order valence-electron chi connectivity index (χ0n) is 15.7. The van der Waals surface area contributed by atoms with E-state index in [4.69, 9.17) is 5.73 Å². The van der Waals surface area contributed by atoms with Crippen LogP contribution < -0.4 is 16.1 Å². The van der Waals surface area contributed by atoms with Gasteiger partial charge in [-0.1, -0.05) is 5.21 Å². The molecule has 0 radical (unpaired) electrons. The van der Waals surface area contributed by atoms with Crippen molar-refractivity contribution < 1.29 is 18.7 Å². The number of anilines is 1. The summed E-state index contributed by atoms with van der Waals surface area (Å²) in [4.78, 5) is 25.5. The summed E-state index contributed by atoms with van der Waals surface area (Å²) in [5.74, 6) is -3.26. The molecule has 2 unspecified atom stereocenters. The topological polar surface area (TPSA) is 119 Å². The third-order valence-corrected chi connectivity index (χ3v) is 5.78. The van der Waals surface area contributed by atoms with Crippen molar-refractivity contribution in [2.45, 2.75) is 31.0 Å². The van der Waals surface area contributed by atoms with E-state index >= 15 is 8.78 Å². The second-order valence-electron chi connectivity index (χ2n) is 7.75. The Morgan fingerprint density at radius 2 is 2.03 bits per heavy atom. The summed E-state index contributed by atoms with van der Waals surface area (Å²) in [5, 5.41) is 16.7. The summed E-state index contributed by atoms with van der Waals surface area (Å²) in [6.45, 7) is 0.398. The molecule has 2 aromatic heterocycles. The zero-order chi connectivity index (χ0) is 21.2. The van der Waals surface area contributed by atoms with Crippen molar-refractivity contribution in [2.75, 3.05) is 18.0 Å². The number of aromatic nitrogens is 4. The summed E-state index contributed by atoms with van der Waals surface area (Å²) < 4.78 is 33.7. The van der Waals surface area contributed by atoms with Crippen LogP contribution in [0.2, 0.25) is 0 Å². The number of nitrogens with two attached hydrogens (primary N) is 1. The number of hydrogen-bond acceptors (Lipinski definition) is 6. The molecule has 2 fully saturated rings. The SMILES string of the molecule is NC1CN(c2c(F)cc3c(=O)c(C(=O)O)cn(C4CC4)c3c2F)CC1n1ccnn1.